The molecule has 0 amide bonds. The fraction of sp³-hybridized carbons (Fsp3) is 0.647. The second-order valence-electron chi connectivity index (χ2n) is 5.77. The second kappa shape index (κ2) is 8.44. The van der Waals surface area contributed by atoms with E-state index in [1.54, 1.807) is 0 Å². The summed E-state index contributed by atoms with van der Waals surface area (Å²) in [4.78, 5) is 0. The van der Waals surface area contributed by atoms with Gasteiger partial charge in [-0.05, 0) is 30.5 Å². The molecule has 4 heteroatoms. The highest BCUT2D eigenvalue weighted by Gasteiger charge is 2.21. The Balaban J connectivity index is 1.69. The van der Waals surface area contributed by atoms with Crippen LogP contribution in [0.4, 0.5) is 8.78 Å². The van der Waals surface area contributed by atoms with E-state index >= 15 is 0 Å². The summed E-state index contributed by atoms with van der Waals surface area (Å²) < 4.78 is 37.6. The molecule has 2 nitrogen and oxygen atoms in total. The van der Waals surface area contributed by atoms with E-state index in [0.29, 0.717) is 24.3 Å². The van der Waals surface area contributed by atoms with Crippen LogP contribution >= 0.6 is 0 Å². The summed E-state index contributed by atoms with van der Waals surface area (Å²) in [5.74, 6) is -0.586. The largest absolute Gasteiger partial charge is 0.352 e. The number of unbranched alkanes of at least 4 members (excludes halogenated alkanes) is 2. The van der Waals surface area contributed by atoms with E-state index in [2.05, 4.69) is 6.92 Å². The molecule has 1 aromatic rings. The Morgan fingerprint density at radius 3 is 2.29 bits per heavy atom. The van der Waals surface area contributed by atoms with Crippen molar-refractivity contribution in [1.29, 1.82) is 0 Å². The molecular formula is C17H24F2O2. The van der Waals surface area contributed by atoms with Crippen LogP contribution in [0.1, 0.15) is 44.6 Å². The highest BCUT2D eigenvalue weighted by atomic mass is 19.1. The average Bonchev–Trinajstić information content (AvgIpc) is 2.46. The van der Waals surface area contributed by atoms with Crippen LogP contribution in [0, 0.1) is 17.6 Å². The van der Waals surface area contributed by atoms with Crippen molar-refractivity contribution in [1.82, 2.24) is 0 Å². The topological polar surface area (TPSA) is 18.5 Å². The van der Waals surface area contributed by atoms with Crippen LogP contribution in [-0.4, -0.2) is 19.5 Å². The molecule has 1 heterocycles. The monoisotopic (exact) mass is 298 g/mol. The summed E-state index contributed by atoms with van der Waals surface area (Å²) in [7, 11) is 0. The third kappa shape index (κ3) is 5.71. The van der Waals surface area contributed by atoms with Crippen LogP contribution in [0.15, 0.2) is 18.2 Å². The van der Waals surface area contributed by atoms with Crippen molar-refractivity contribution in [3.05, 3.63) is 35.4 Å². The molecule has 0 unspecified atom stereocenters. The number of ether oxygens (including phenoxy) is 2. The lowest BCUT2D eigenvalue weighted by Gasteiger charge is -2.29. The fourth-order valence-corrected chi connectivity index (χ4v) is 2.64. The number of halogens is 2. The third-order valence-corrected chi connectivity index (χ3v) is 3.84. The normalized spacial score (nSPS) is 22.4. The maximum Gasteiger partial charge on any atom is 0.157 e. The minimum Gasteiger partial charge on any atom is -0.352 e. The van der Waals surface area contributed by atoms with Gasteiger partial charge >= 0.3 is 0 Å². The molecule has 21 heavy (non-hydrogen) atoms. The lowest BCUT2D eigenvalue weighted by Crippen LogP contribution is -2.32. The van der Waals surface area contributed by atoms with Crippen LogP contribution in [0.3, 0.4) is 0 Å². The molecule has 1 aliphatic rings. The maximum absolute atomic E-state index is 13.1. The molecule has 0 bridgehead atoms. The molecule has 0 aromatic heterocycles. The van der Waals surface area contributed by atoms with Crippen molar-refractivity contribution in [2.24, 2.45) is 5.92 Å². The molecule has 1 saturated heterocycles. The predicted octanol–water partition coefficient (Wildman–Crippen LogP) is 4.47. The van der Waals surface area contributed by atoms with Crippen molar-refractivity contribution in [2.45, 2.75) is 51.7 Å². The van der Waals surface area contributed by atoms with Crippen LogP contribution < -0.4 is 0 Å². The third-order valence-electron chi connectivity index (χ3n) is 3.84. The standard InChI is InChI=1S/C17H24F2O2/c1-2-3-4-5-14-11-20-17(21-12-14)7-6-13-8-15(18)10-16(19)9-13/h8-10,14,17H,2-7,11-12H2,1H3. The Morgan fingerprint density at radius 2 is 1.67 bits per heavy atom. The zero-order valence-corrected chi connectivity index (χ0v) is 12.6. The number of aryl methyl sites for hydroxylation is 1. The highest BCUT2D eigenvalue weighted by molar-refractivity contribution is 5.17. The number of rotatable bonds is 7. The number of benzene rings is 1. The first-order valence-corrected chi connectivity index (χ1v) is 7.85. The van der Waals surface area contributed by atoms with Gasteiger partial charge in [0.1, 0.15) is 11.6 Å². The second-order valence-corrected chi connectivity index (χ2v) is 5.77. The molecule has 118 valence electrons. The van der Waals surface area contributed by atoms with Gasteiger partial charge in [0.2, 0.25) is 0 Å². The van der Waals surface area contributed by atoms with E-state index in [1.165, 1.54) is 31.4 Å². The van der Waals surface area contributed by atoms with Crippen LogP contribution in [0.25, 0.3) is 0 Å². The molecule has 0 radical (unpaired) electrons. The Hall–Kier alpha value is -1.00. The van der Waals surface area contributed by atoms with E-state index in [9.17, 15) is 8.78 Å². The van der Waals surface area contributed by atoms with Crippen molar-refractivity contribution in [2.75, 3.05) is 13.2 Å². The molecule has 1 fully saturated rings. The van der Waals surface area contributed by atoms with E-state index < -0.39 is 11.6 Å². The summed E-state index contributed by atoms with van der Waals surface area (Å²) in [6.07, 6.45) is 5.78. The number of hydrogen-bond acceptors (Lipinski definition) is 2. The van der Waals surface area contributed by atoms with Crippen LogP contribution in [-0.2, 0) is 15.9 Å². The van der Waals surface area contributed by atoms with Gasteiger partial charge in [0.25, 0.3) is 0 Å². The summed E-state index contributed by atoms with van der Waals surface area (Å²) in [6, 6.07) is 3.61. The van der Waals surface area contributed by atoms with Gasteiger partial charge in [-0.15, -0.1) is 0 Å². The van der Waals surface area contributed by atoms with E-state index in [1.807, 2.05) is 0 Å². The SMILES string of the molecule is CCCCCC1COC(CCc2cc(F)cc(F)c2)OC1. The highest BCUT2D eigenvalue weighted by Crippen LogP contribution is 2.20. The van der Waals surface area contributed by atoms with Gasteiger partial charge in [-0.2, -0.15) is 0 Å². The molecule has 0 atom stereocenters. The maximum atomic E-state index is 13.1. The lowest BCUT2D eigenvalue weighted by molar-refractivity contribution is -0.203. The van der Waals surface area contributed by atoms with Crippen molar-refractivity contribution in [3.63, 3.8) is 0 Å². The summed E-state index contributed by atoms with van der Waals surface area (Å²) >= 11 is 0. The summed E-state index contributed by atoms with van der Waals surface area (Å²) in [5, 5.41) is 0. The van der Waals surface area contributed by atoms with E-state index in [-0.39, 0.29) is 6.29 Å². The Labute approximate surface area is 125 Å². The predicted molar refractivity (Wildman–Crippen MR) is 78.0 cm³/mol. The van der Waals surface area contributed by atoms with Crippen LogP contribution in [0.2, 0.25) is 0 Å². The molecule has 0 spiro atoms. The van der Waals surface area contributed by atoms with Gasteiger partial charge in [0.05, 0.1) is 13.2 Å². The van der Waals surface area contributed by atoms with Crippen molar-refractivity contribution >= 4 is 0 Å². The molecule has 0 N–H and O–H groups in total. The summed E-state index contributed by atoms with van der Waals surface area (Å²) in [6.45, 7) is 3.65. The molecule has 0 aliphatic carbocycles. The zero-order valence-electron chi connectivity index (χ0n) is 12.6. The number of hydrogen-bond donors (Lipinski definition) is 0. The minimum absolute atomic E-state index is 0.251. The van der Waals surface area contributed by atoms with Gasteiger partial charge in [0, 0.05) is 18.4 Å². The first-order chi connectivity index (χ1) is 10.2. The van der Waals surface area contributed by atoms with E-state index in [0.717, 1.165) is 25.7 Å². The molecular weight excluding hydrogens is 274 g/mol. The van der Waals surface area contributed by atoms with Gasteiger partial charge < -0.3 is 9.47 Å². The zero-order chi connectivity index (χ0) is 15.1. The molecule has 2 rings (SSSR count). The molecule has 1 aliphatic heterocycles. The van der Waals surface area contributed by atoms with Crippen molar-refractivity contribution < 1.29 is 18.3 Å². The van der Waals surface area contributed by atoms with Gasteiger partial charge in [-0.3, -0.25) is 0 Å². The van der Waals surface area contributed by atoms with Crippen LogP contribution in [0.5, 0.6) is 0 Å². The van der Waals surface area contributed by atoms with Gasteiger partial charge in [-0.25, -0.2) is 8.78 Å². The smallest absolute Gasteiger partial charge is 0.157 e. The Kier molecular flexibility index (Phi) is 6.58. The minimum atomic E-state index is -0.536. The lowest BCUT2D eigenvalue weighted by atomic mass is 10.0. The van der Waals surface area contributed by atoms with E-state index in [4.69, 9.17) is 9.47 Å². The van der Waals surface area contributed by atoms with Gasteiger partial charge in [0.15, 0.2) is 6.29 Å². The van der Waals surface area contributed by atoms with Crippen molar-refractivity contribution in [3.8, 4) is 0 Å². The molecule has 0 saturated carbocycles. The Morgan fingerprint density at radius 1 is 1.00 bits per heavy atom. The Bertz CT molecular complexity index is 409. The first kappa shape index (κ1) is 16.4. The average molecular weight is 298 g/mol. The summed E-state index contributed by atoms with van der Waals surface area (Å²) in [5.41, 5.74) is 0.643. The fourth-order valence-electron chi connectivity index (χ4n) is 2.64. The molecule has 1 aromatic carbocycles. The quantitative estimate of drug-likeness (QED) is 0.692. The van der Waals surface area contributed by atoms with Gasteiger partial charge in [-0.1, -0.05) is 26.2 Å². The first-order valence-electron chi connectivity index (χ1n) is 7.85.